The smallest absolute Gasteiger partial charge is 0.330 e. The summed E-state index contributed by atoms with van der Waals surface area (Å²) in [6.07, 6.45) is 9.13. The second-order valence-electron chi connectivity index (χ2n) is 6.11. The van der Waals surface area contributed by atoms with Crippen LogP contribution in [0.2, 0.25) is 0 Å². The highest BCUT2D eigenvalue weighted by molar-refractivity contribution is 5.86. The molecule has 0 atom stereocenters. The van der Waals surface area contributed by atoms with E-state index < -0.39 is 5.97 Å². The van der Waals surface area contributed by atoms with Gasteiger partial charge in [0.25, 0.3) is 0 Å². The summed E-state index contributed by atoms with van der Waals surface area (Å²) in [7, 11) is 1.36. The average Bonchev–Trinajstić information content (AvgIpc) is 3.05. The van der Waals surface area contributed by atoms with Crippen LogP contribution in [0.25, 0.3) is 11.8 Å². The molecule has 1 heterocycles. The number of benzene rings is 1. The lowest BCUT2D eigenvalue weighted by atomic mass is 9.86. The predicted octanol–water partition coefficient (Wildman–Crippen LogP) is 3.81. The summed E-state index contributed by atoms with van der Waals surface area (Å²) in [6.45, 7) is 0. The van der Waals surface area contributed by atoms with E-state index in [-0.39, 0.29) is 5.75 Å². The monoisotopic (exact) mass is 326 g/mol. The van der Waals surface area contributed by atoms with Gasteiger partial charge in [-0.3, -0.25) is 0 Å². The van der Waals surface area contributed by atoms with E-state index >= 15 is 0 Å². The number of methoxy groups -OCH3 is 1. The van der Waals surface area contributed by atoms with E-state index in [2.05, 4.69) is 9.84 Å². The Hall–Kier alpha value is -2.56. The highest BCUT2D eigenvalue weighted by atomic mass is 16.5. The van der Waals surface area contributed by atoms with Crippen molar-refractivity contribution in [3.8, 4) is 11.4 Å². The first-order valence-electron chi connectivity index (χ1n) is 8.33. The van der Waals surface area contributed by atoms with Gasteiger partial charge in [0.05, 0.1) is 18.5 Å². The molecule has 3 rings (SSSR count). The Labute approximate surface area is 141 Å². The highest BCUT2D eigenvalue weighted by Gasteiger charge is 2.21. The number of carbonyl (C=O) groups is 1. The summed E-state index contributed by atoms with van der Waals surface area (Å²) in [5.74, 6) is 0.310. The fourth-order valence-corrected chi connectivity index (χ4v) is 3.21. The molecule has 126 valence electrons. The molecule has 0 spiro atoms. The Bertz CT molecular complexity index is 726. The molecule has 1 aliphatic carbocycles. The Morgan fingerprint density at radius 2 is 1.96 bits per heavy atom. The van der Waals surface area contributed by atoms with E-state index in [0.717, 1.165) is 29.9 Å². The zero-order chi connectivity index (χ0) is 16.9. The lowest BCUT2D eigenvalue weighted by Gasteiger charge is -2.22. The van der Waals surface area contributed by atoms with E-state index in [1.54, 1.807) is 18.2 Å². The van der Waals surface area contributed by atoms with Gasteiger partial charge >= 0.3 is 5.97 Å². The van der Waals surface area contributed by atoms with Gasteiger partial charge in [0.2, 0.25) is 0 Å². The molecule has 1 aromatic carbocycles. The van der Waals surface area contributed by atoms with Crippen molar-refractivity contribution in [3.05, 3.63) is 47.8 Å². The molecule has 0 amide bonds. The maximum atomic E-state index is 11.3. The Balaban J connectivity index is 1.97. The van der Waals surface area contributed by atoms with Gasteiger partial charge < -0.3 is 9.84 Å². The molecule has 0 bridgehead atoms. The molecule has 1 aliphatic rings. The minimum atomic E-state index is -0.395. The van der Waals surface area contributed by atoms with Crippen LogP contribution in [0, 0.1) is 0 Å². The molecule has 1 aromatic heterocycles. The number of rotatable bonds is 4. The largest absolute Gasteiger partial charge is 0.508 e. The second kappa shape index (κ2) is 7.34. The molecule has 1 fully saturated rings. The summed E-state index contributed by atoms with van der Waals surface area (Å²) >= 11 is 0. The minimum absolute atomic E-state index is 0.232. The third-order valence-electron chi connectivity index (χ3n) is 4.46. The fraction of sp³-hybridized carbons (Fsp3) is 0.368. The molecular formula is C19H22N2O3. The molecule has 5 nitrogen and oxygen atoms in total. The summed E-state index contributed by atoms with van der Waals surface area (Å²) in [4.78, 5) is 11.3. The molecule has 1 saturated carbocycles. The number of ether oxygens (including phenoxy) is 1. The molecular weight excluding hydrogens is 304 g/mol. The molecule has 2 aromatic rings. The highest BCUT2D eigenvalue weighted by Crippen LogP contribution is 2.34. The number of nitrogens with zero attached hydrogens (tertiary/aromatic N) is 2. The van der Waals surface area contributed by atoms with Gasteiger partial charge in [0.1, 0.15) is 5.75 Å². The Morgan fingerprint density at radius 1 is 1.25 bits per heavy atom. The number of aromatic hydroxyl groups is 1. The van der Waals surface area contributed by atoms with Crippen LogP contribution in [0.5, 0.6) is 5.75 Å². The summed E-state index contributed by atoms with van der Waals surface area (Å²) < 4.78 is 6.56. The molecule has 0 unspecified atom stereocenters. The van der Waals surface area contributed by atoms with Crippen LogP contribution in [0.15, 0.2) is 36.4 Å². The molecule has 1 N–H and O–H groups in total. The standard InChI is InChI=1S/C19H22N2O3/c1-24-19(23)12-7-15-13-18(14-5-3-2-4-6-14)21(20-15)16-8-10-17(22)11-9-16/h7-14,22H,2-6H2,1H3. The number of esters is 1. The Kier molecular flexibility index (Phi) is 4.99. The van der Waals surface area contributed by atoms with E-state index in [1.165, 1.54) is 32.4 Å². The predicted molar refractivity (Wildman–Crippen MR) is 92.1 cm³/mol. The SMILES string of the molecule is COC(=O)C=Cc1cc(C2CCCCC2)n(-c2ccc(O)cc2)n1. The molecule has 0 saturated heterocycles. The van der Waals surface area contributed by atoms with Crippen molar-refractivity contribution in [3.63, 3.8) is 0 Å². The minimum Gasteiger partial charge on any atom is -0.508 e. The zero-order valence-electron chi connectivity index (χ0n) is 13.8. The van der Waals surface area contributed by atoms with Crippen molar-refractivity contribution < 1.29 is 14.6 Å². The van der Waals surface area contributed by atoms with Gasteiger partial charge in [-0.25, -0.2) is 9.48 Å². The summed E-state index contributed by atoms with van der Waals surface area (Å²) in [6, 6.07) is 9.06. The summed E-state index contributed by atoms with van der Waals surface area (Å²) in [5.41, 5.74) is 2.80. The average molecular weight is 326 g/mol. The third kappa shape index (κ3) is 3.67. The van der Waals surface area contributed by atoms with Crippen molar-refractivity contribution in [2.75, 3.05) is 7.11 Å². The maximum absolute atomic E-state index is 11.3. The van der Waals surface area contributed by atoms with Crippen molar-refractivity contribution >= 4 is 12.0 Å². The van der Waals surface area contributed by atoms with Crippen LogP contribution in [0.1, 0.15) is 49.4 Å². The fourth-order valence-electron chi connectivity index (χ4n) is 3.21. The number of hydrogen-bond acceptors (Lipinski definition) is 4. The van der Waals surface area contributed by atoms with Crippen molar-refractivity contribution in [1.82, 2.24) is 9.78 Å². The van der Waals surface area contributed by atoms with Gasteiger partial charge in [-0.1, -0.05) is 19.3 Å². The van der Waals surface area contributed by atoms with Crippen LogP contribution in [-0.2, 0) is 9.53 Å². The van der Waals surface area contributed by atoms with E-state index in [0.29, 0.717) is 5.92 Å². The first-order valence-corrected chi connectivity index (χ1v) is 8.33. The summed E-state index contributed by atoms with van der Waals surface area (Å²) in [5, 5.41) is 14.1. The number of phenolic OH excluding ortho intramolecular Hbond substituents is 1. The quantitative estimate of drug-likeness (QED) is 0.685. The van der Waals surface area contributed by atoms with Crippen LogP contribution in [0.3, 0.4) is 0 Å². The Morgan fingerprint density at radius 3 is 2.62 bits per heavy atom. The molecule has 24 heavy (non-hydrogen) atoms. The normalized spacial score (nSPS) is 15.7. The van der Waals surface area contributed by atoms with Crippen molar-refractivity contribution in [2.45, 2.75) is 38.0 Å². The topological polar surface area (TPSA) is 64.3 Å². The van der Waals surface area contributed by atoms with Gasteiger partial charge in [-0.2, -0.15) is 5.10 Å². The molecule has 0 aliphatic heterocycles. The zero-order valence-corrected chi connectivity index (χ0v) is 13.8. The maximum Gasteiger partial charge on any atom is 0.330 e. The van der Waals surface area contributed by atoms with Gasteiger partial charge in [-0.05, 0) is 49.2 Å². The van der Waals surface area contributed by atoms with Crippen LogP contribution >= 0.6 is 0 Å². The molecule has 5 heteroatoms. The number of aromatic nitrogens is 2. The lowest BCUT2D eigenvalue weighted by Crippen LogP contribution is -2.10. The van der Waals surface area contributed by atoms with Crippen LogP contribution < -0.4 is 0 Å². The van der Waals surface area contributed by atoms with Gasteiger partial charge in [-0.15, -0.1) is 0 Å². The number of hydrogen-bond donors (Lipinski definition) is 1. The molecule has 0 radical (unpaired) electrons. The van der Waals surface area contributed by atoms with Crippen LogP contribution in [-0.4, -0.2) is 28.0 Å². The van der Waals surface area contributed by atoms with E-state index in [9.17, 15) is 9.90 Å². The van der Waals surface area contributed by atoms with E-state index in [4.69, 9.17) is 0 Å². The lowest BCUT2D eigenvalue weighted by molar-refractivity contribution is -0.134. The first-order chi connectivity index (χ1) is 11.7. The van der Waals surface area contributed by atoms with Gasteiger partial charge in [0.15, 0.2) is 0 Å². The number of phenols is 1. The van der Waals surface area contributed by atoms with E-state index in [1.807, 2.05) is 22.9 Å². The van der Waals surface area contributed by atoms with Gasteiger partial charge in [0, 0.05) is 17.7 Å². The van der Waals surface area contributed by atoms with Crippen LogP contribution in [0.4, 0.5) is 0 Å². The van der Waals surface area contributed by atoms with Crippen molar-refractivity contribution in [2.24, 2.45) is 0 Å². The van der Waals surface area contributed by atoms with Crippen molar-refractivity contribution in [1.29, 1.82) is 0 Å². The first kappa shape index (κ1) is 16.3. The second-order valence-corrected chi connectivity index (χ2v) is 6.11. The third-order valence-corrected chi connectivity index (χ3v) is 4.46. The number of carbonyl (C=O) groups excluding carboxylic acids is 1.